The summed E-state index contributed by atoms with van der Waals surface area (Å²) >= 11 is 0. The Morgan fingerprint density at radius 2 is 1.35 bits per heavy atom. The van der Waals surface area contributed by atoms with Crippen LogP contribution >= 0.6 is 0 Å². The van der Waals surface area contributed by atoms with Gasteiger partial charge in [0.2, 0.25) is 0 Å². The van der Waals surface area contributed by atoms with E-state index in [2.05, 4.69) is 43.0 Å². The topological polar surface area (TPSA) is 55.8 Å². The van der Waals surface area contributed by atoms with Crippen molar-refractivity contribution in [1.29, 1.82) is 0 Å². The maximum Gasteiger partial charge on any atom is 0.302 e. The van der Waals surface area contributed by atoms with Crippen LogP contribution in [-0.4, -0.2) is 29.9 Å². The first-order valence-corrected chi connectivity index (χ1v) is 11.7. The minimum atomic E-state index is -0.898. The minimum absolute atomic E-state index is 0.0921. The lowest BCUT2D eigenvalue weighted by molar-refractivity contribution is -0.154. The number of ether oxygens (including phenoxy) is 2. The van der Waals surface area contributed by atoms with E-state index in [9.17, 15) is 9.90 Å². The van der Waals surface area contributed by atoms with Crippen molar-refractivity contribution in [3.05, 3.63) is 120 Å². The Balaban J connectivity index is 2.02. The smallest absolute Gasteiger partial charge is 0.302 e. The van der Waals surface area contributed by atoms with Crippen molar-refractivity contribution in [3.63, 3.8) is 0 Å². The molecule has 3 rings (SSSR count). The fourth-order valence-electron chi connectivity index (χ4n) is 4.35. The van der Waals surface area contributed by atoms with Gasteiger partial charge in [-0.25, -0.2) is 0 Å². The van der Waals surface area contributed by atoms with Gasteiger partial charge in [0.05, 0.1) is 12.7 Å². The van der Waals surface area contributed by atoms with Crippen molar-refractivity contribution >= 4 is 5.97 Å². The van der Waals surface area contributed by atoms with Gasteiger partial charge in [-0.15, -0.1) is 6.58 Å². The van der Waals surface area contributed by atoms with Crippen LogP contribution in [0.25, 0.3) is 0 Å². The number of aliphatic hydroxyl groups is 1. The second-order valence-electron chi connectivity index (χ2n) is 8.63. The minimum Gasteiger partial charge on any atom is -0.460 e. The van der Waals surface area contributed by atoms with Crippen molar-refractivity contribution in [3.8, 4) is 0 Å². The van der Waals surface area contributed by atoms with Crippen molar-refractivity contribution < 1.29 is 19.4 Å². The van der Waals surface area contributed by atoms with Crippen LogP contribution in [0.2, 0.25) is 0 Å². The standard InChI is InChI=1S/C30H34O4/c1-4-14-29(32)23(2)21-28(34-24(3)31)22-33-30(25-15-8-5-9-16-25,26-17-10-6-11-18-26)27-19-12-7-13-20-27/h4-13,15-20,23,28-29,32H,1,14,21-22H2,2-3H3/t23-,28+,29+/m0/s1. The molecule has 1 N–H and O–H groups in total. The molecular weight excluding hydrogens is 424 g/mol. The number of benzene rings is 3. The first-order chi connectivity index (χ1) is 16.5. The van der Waals surface area contributed by atoms with E-state index >= 15 is 0 Å². The Bertz CT molecular complexity index is 921. The van der Waals surface area contributed by atoms with Crippen LogP contribution in [0.1, 0.15) is 43.4 Å². The summed E-state index contributed by atoms with van der Waals surface area (Å²) in [5.74, 6) is -0.464. The number of aliphatic hydroxyl groups excluding tert-OH is 1. The molecule has 3 aromatic rings. The second kappa shape index (κ2) is 12.3. The molecule has 4 nitrogen and oxygen atoms in total. The lowest BCUT2D eigenvalue weighted by Crippen LogP contribution is -2.37. The summed E-state index contributed by atoms with van der Waals surface area (Å²) in [6.07, 6.45) is 1.59. The van der Waals surface area contributed by atoms with Crippen molar-refractivity contribution in [2.45, 2.75) is 44.5 Å². The van der Waals surface area contributed by atoms with Gasteiger partial charge in [-0.3, -0.25) is 4.79 Å². The Morgan fingerprint density at radius 1 is 0.912 bits per heavy atom. The third kappa shape index (κ3) is 6.22. The molecule has 3 atom stereocenters. The third-order valence-electron chi connectivity index (χ3n) is 6.06. The number of carbonyl (C=O) groups excluding carboxylic acids is 1. The summed E-state index contributed by atoms with van der Waals surface area (Å²) < 4.78 is 12.5. The highest BCUT2D eigenvalue weighted by atomic mass is 16.6. The van der Waals surface area contributed by atoms with E-state index in [-0.39, 0.29) is 18.5 Å². The molecule has 0 saturated heterocycles. The highest BCUT2D eigenvalue weighted by Gasteiger charge is 2.38. The molecule has 34 heavy (non-hydrogen) atoms. The van der Waals surface area contributed by atoms with Gasteiger partial charge in [0.25, 0.3) is 0 Å². The lowest BCUT2D eigenvalue weighted by Gasteiger charge is -2.37. The average Bonchev–Trinajstić information content (AvgIpc) is 2.86. The summed E-state index contributed by atoms with van der Waals surface area (Å²) in [7, 11) is 0. The van der Waals surface area contributed by atoms with Crippen LogP contribution < -0.4 is 0 Å². The van der Waals surface area contributed by atoms with Crippen LogP contribution in [0.5, 0.6) is 0 Å². The SMILES string of the molecule is C=CC[C@@H](O)[C@@H](C)C[C@H](COC(c1ccccc1)(c1ccccc1)c1ccccc1)OC(C)=O. The van der Waals surface area contributed by atoms with Gasteiger partial charge in [0.15, 0.2) is 0 Å². The molecule has 178 valence electrons. The highest BCUT2D eigenvalue weighted by Crippen LogP contribution is 2.40. The summed E-state index contributed by atoms with van der Waals surface area (Å²) in [6, 6.07) is 30.2. The van der Waals surface area contributed by atoms with Gasteiger partial charge in [-0.1, -0.05) is 104 Å². The number of rotatable bonds is 12. The molecule has 4 heteroatoms. The Labute approximate surface area is 202 Å². The van der Waals surface area contributed by atoms with E-state index in [1.807, 2.05) is 61.5 Å². The molecule has 0 aromatic heterocycles. The van der Waals surface area contributed by atoms with Crippen LogP contribution in [0, 0.1) is 5.92 Å². The van der Waals surface area contributed by atoms with Gasteiger partial charge < -0.3 is 14.6 Å². The first kappa shape index (κ1) is 25.4. The van der Waals surface area contributed by atoms with E-state index in [1.165, 1.54) is 6.92 Å². The zero-order chi connectivity index (χ0) is 24.4. The van der Waals surface area contributed by atoms with Crippen molar-refractivity contribution in [1.82, 2.24) is 0 Å². The van der Waals surface area contributed by atoms with Gasteiger partial charge in [0, 0.05) is 6.92 Å². The van der Waals surface area contributed by atoms with E-state index < -0.39 is 17.8 Å². The highest BCUT2D eigenvalue weighted by molar-refractivity contribution is 5.66. The van der Waals surface area contributed by atoms with Gasteiger partial charge in [-0.2, -0.15) is 0 Å². The largest absolute Gasteiger partial charge is 0.460 e. The number of carbonyl (C=O) groups is 1. The summed E-state index contributed by atoms with van der Waals surface area (Å²) in [5, 5.41) is 10.4. The molecule has 0 unspecified atom stereocenters. The Hall–Kier alpha value is -3.21. The molecule has 0 fully saturated rings. The zero-order valence-corrected chi connectivity index (χ0v) is 20.0. The first-order valence-electron chi connectivity index (χ1n) is 11.7. The third-order valence-corrected chi connectivity index (χ3v) is 6.06. The molecular formula is C30H34O4. The Kier molecular flexibility index (Phi) is 9.20. The van der Waals surface area contributed by atoms with E-state index in [4.69, 9.17) is 9.47 Å². The van der Waals surface area contributed by atoms with Crippen LogP contribution in [-0.2, 0) is 19.9 Å². The lowest BCUT2D eigenvalue weighted by atomic mass is 9.80. The second-order valence-corrected chi connectivity index (χ2v) is 8.63. The molecule has 0 spiro atoms. The van der Waals surface area contributed by atoms with E-state index in [0.717, 1.165) is 16.7 Å². The van der Waals surface area contributed by atoms with Crippen molar-refractivity contribution in [2.24, 2.45) is 5.92 Å². The number of hydrogen-bond acceptors (Lipinski definition) is 4. The maximum absolute atomic E-state index is 11.9. The quantitative estimate of drug-likeness (QED) is 0.209. The molecule has 0 aliphatic carbocycles. The maximum atomic E-state index is 11.9. The number of hydrogen-bond donors (Lipinski definition) is 1. The molecule has 0 saturated carbocycles. The summed E-state index contributed by atoms with van der Waals surface area (Å²) in [5.41, 5.74) is 2.04. The molecule has 3 aromatic carbocycles. The molecule has 0 bridgehead atoms. The van der Waals surface area contributed by atoms with Crippen LogP contribution in [0.15, 0.2) is 104 Å². The fraction of sp³-hybridized carbons (Fsp3) is 0.300. The van der Waals surface area contributed by atoms with Crippen LogP contribution in [0.3, 0.4) is 0 Å². The van der Waals surface area contributed by atoms with E-state index in [1.54, 1.807) is 6.08 Å². The average molecular weight is 459 g/mol. The summed E-state index contributed by atoms with van der Waals surface area (Å²) in [6.45, 7) is 7.23. The normalized spacial score (nSPS) is 14.1. The fourth-order valence-corrected chi connectivity index (χ4v) is 4.35. The molecule has 0 aliphatic rings. The Morgan fingerprint density at radius 3 is 1.74 bits per heavy atom. The predicted molar refractivity (Wildman–Crippen MR) is 135 cm³/mol. The zero-order valence-electron chi connectivity index (χ0n) is 20.0. The van der Waals surface area contributed by atoms with Gasteiger partial charge in [-0.05, 0) is 35.4 Å². The van der Waals surface area contributed by atoms with E-state index in [0.29, 0.717) is 12.8 Å². The molecule has 0 radical (unpaired) electrons. The monoisotopic (exact) mass is 458 g/mol. The summed E-state index contributed by atoms with van der Waals surface area (Å²) in [4.78, 5) is 11.9. The number of esters is 1. The van der Waals surface area contributed by atoms with Crippen molar-refractivity contribution in [2.75, 3.05) is 6.61 Å². The van der Waals surface area contributed by atoms with Crippen LogP contribution in [0.4, 0.5) is 0 Å². The van der Waals surface area contributed by atoms with Gasteiger partial charge >= 0.3 is 5.97 Å². The predicted octanol–water partition coefficient (Wildman–Crippen LogP) is 5.89. The van der Waals surface area contributed by atoms with Gasteiger partial charge in [0.1, 0.15) is 11.7 Å². The molecule has 0 amide bonds. The molecule has 0 heterocycles. The molecule has 0 aliphatic heterocycles.